The summed E-state index contributed by atoms with van der Waals surface area (Å²) in [7, 11) is 0. The molecule has 0 unspecified atom stereocenters. The first kappa shape index (κ1) is 11.0. The maximum atomic E-state index is 9.68. The summed E-state index contributed by atoms with van der Waals surface area (Å²) in [6.45, 7) is 7.94. The van der Waals surface area contributed by atoms with Crippen molar-refractivity contribution < 1.29 is 5.11 Å². The fourth-order valence-corrected chi connectivity index (χ4v) is 1.40. The van der Waals surface area contributed by atoms with E-state index < -0.39 is 6.10 Å². The molecule has 0 aromatic heterocycles. The Hall–Kier alpha value is -1.08. The molecule has 0 aliphatic heterocycles. The molecule has 1 atom stereocenters. The summed E-state index contributed by atoms with van der Waals surface area (Å²) < 4.78 is 0. The van der Waals surface area contributed by atoms with Gasteiger partial charge < -0.3 is 5.11 Å². The molecule has 0 aliphatic rings. The zero-order chi connectivity index (χ0) is 10.6. The van der Waals surface area contributed by atoms with E-state index in [2.05, 4.69) is 32.6 Å². The second-order valence-electron chi connectivity index (χ2n) is 3.86. The fourth-order valence-electron chi connectivity index (χ4n) is 1.40. The first-order chi connectivity index (χ1) is 6.65. The normalized spacial score (nSPS) is 12.9. The van der Waals surface area contributed by atoms with E-state index in [4.69, 9.17) is 0 Å². The van der Waals surface area contributed by atoms with Gasteiger partial charge in [-0.15, -0.1) is 6.58 Å². The average molecular weight is 190 g/mol. The second kappa shape index (κ2) is 4.97. The minimum atomic E-state index is -0.409. The number of aliphatic hydroxyl groups is 1. The molecule has 1 rings (SSSR count). The van der Waals surface area contributed by atoms with Gasteiger partial charge in [-0.2, -0.15) is 0 Å². The third-order valence-corrected chi connectivity index (χ3v) is 2.38. The van der Waals surface area contributed by atoms with Crippen molar-refractivity contribution in [2.24, 2.45) is 0 Å². The van der Waals surface area contributed by atoms with Crippen LogP contribution >= 0.6 is 0 Å². The molecule has 1 N–H and O–H groups in total. The topological polar surface area (TPSA) is 20.2 Å². The zero-order valence-electron chi connectivity index (χ0n) is 8.90. The van der Waals surface area contributed by atoms with Gasteiger partial charge in [-0.05, 0) is 23.5 Å². The molecule has 0 saturated heterocycles. The number of benzene rings is 1. The molecule has 1 aromatic rings. The van der Waals surface area contributed by atoms with E-state index in [-0.39, 0.29) is 0 Å². The summed E-state index contributed by atoms with van der Waals surface area (Å²) >= 11 is 0. The van der Waals surface area contributed by atoms with Crippen molar-refractivity contribution in [3.05, 3.63) is 48.0 Å². The molecule has 0 saturated carbocycles. The smallest absolute Gasteiger partial charge is 0.0824 e. The number of hydrogen-bond acceptors (Lipinski definition) is 1. The molecular formula is C13H18O. The van der Waals surface area contributed by atoms with Crippen LogP contribution in [0.5, 0.6) is 0 Å². The van der Waals surface area contributed by atoms with E-state index in [1.807, 2.05) is 12.1 Å². The summed E-state index contributed by atoms with van der Waals surface area (Å²) in [4.78, 5) is 0. The molecule has 0 spiro atoms. The summed E-state index contributed by atoms with van der Waals surface area (Å²) in [5, 5.41) is 9.68. The molecule has 0 amide bonds. The van der Waals surface area contributed by atoms with E-state index in [1.54, 1.807) is 6.08 Å². The molecule has 14 heavy (non-hydrogen) atoms. The van der Waals surface area contributed by atoms with Crippen molar-refractivity contribution in [1.29, 1.82) is 0 Å². The molecule has 76 valence electrons. The van der Waals surface area contributed by atoms with Gasteiger partial charge >= 0.3 is 0 Å². The van der Waals surface area contributed by atoms with Crippen LogP contribution in [0.1, 0.15) is 43.4 Å². The molecular weight excluding hydrogens is 172 g/mol. The van der Waals surface area contributed by atoms with E-state index in [9.17, 15) is 5.11 Å². The summed E-state index contributed by atoms with van der Waals surface area (Å²) in [5.41, 5.74) is 2.27. The SMILES string of the molecule is C=CC[C@@H](O)c1ccc(C(C)C)cc1. The molecule has 0 heterocycles. The third-order valence-electron chi connectivity index (χ3n) is 2.38. The molecule has 0 bridgehead atoms. The Morgan fingerprint density at radius 3 is 2.14 bits per heavy atom. The van der Waals surface area contributed by atoms with Crippen LogP contribution in [-0.4, -0.2) is 5.11 Å². The van der Waals surface area contributed by atoms with E-state index in [1.165, 1.54) is 5.56 Å². The van der Waals surface area contributed by atoms with Crippen molar-refractivity contribution in [2.45, 2.75) is 32.3 Å². The van der Waals surface area contributed by atoms with Gasteiger partial charge in [-0.25, -0.2) is 0 Å². The van der Waals surface area contributed by atoms with Crippen LogP contribution < -0.4 is 0 Å². The van der Waals surface area contributed by atoms with Crippen molar-refractivity contribution in [1.82, 2.24) is 0 Å². The van der Waals surface area contributed by atoms with Gasteiger partial charge in [0.15, 0.2) is 0 Å². The maximum Gasteiger partial charge on any atom is 0.0824 e. The lowest BCUT2D eigenvalue weighted by atomic mass is 9.99. The predicted octanol–water partition coefficient (Wildman–Crippen LogP) is 3.42. The zero-order valence-corrected chi connectivity index (χ0v) is 8.90. The minimum Gasteiger partial charge on any atom is -0.388 e. The summed E-state index contributed by atoms with van der Waals surface area (Å²) in [5.74, 6) is 0.542. The van der Waals surface area contributed by atoms with Gasteiger partial charge in [0.2, 0.25) is 0 Å². The van der Waals surface area contributed by atoms with E-state index in [0.717, 1.165) is 5.56 Å². The molecule has 1 nitrogen and oxygen atoms in total. The van der Waals surface area contributed by atoms with Crippen LogP contribution in [0.2, 0.25) is 0 Å². The first-order valence-corrected chi connectivity index (χ1v) is 5.04. The Kier molecular flexibility index (Phi) is 3.90. The Morgan fingerprint density at radius 1 is 1.21 bits per heavy atom. The summed E-state index contributed by atoms with van der Waals surface area (Å²) in [6.07, 6.45) is 1.94. The van der Waals surface area contributed by atoms with E-state index >= 15 is 0 Å². The van der Waals surface area contributed by atoms with Gasteiger partial charge in [-0.3, -0.25) is 0 Å². The third kappa shape index (κ3) is 2.71. The van der Waals surface area contributed by atoms with Gasteiger partial charge in [-0.1, -0.05) is 44.2 Å². The van der Waals surface area contributed by atoms with Crippen LogP contribution in [0, 0.1) is 0 Å². The molecule has 1 aromatic carbocycles. The lowest BCUT2D eigenvalue weighted by Gasteiger charge is -2.10. The highest BCUT2D eigenvalue weighted by molar-refractivity contribution is 5.26. The number of aliphatic hydroxyl groups excluding tert-OH is 1. The van der Waals surface area contributed by atoms with Crippen molar-refractivity contribution in [3.8, 4) is 0 Å². The largest absolute Gasteiger partial charge is 0.388 e. The highest BCUT2D eigenvalue weighted by Gasteiger charge is 2.05. The minimum absolute atomic E-state index is 0.409. The lowest BCUT2D eigenvalue weighted by molar-refractivity contribution is 0.181. The Balaban J connectivity index is 2.77. The van der Waals surface area contributed by atoms with Crippen LogP contribution in [0.3, 0.4) is 0 Å². The predicted molar refractivity (Wildman–Crippen MR) is 60.3 cm³/mol. The quantitative estimate of drug-likeness (QED) is 0.721. The maximum absolute atomic E-state index is 9.68. The van der Waals surface area contributed by atoms with Crippen LogP contribution in [0.25, 0.3) is 0 Å². The van der Waals surface area contributed by atoms with Gasteiger partial charge in [0.1, 0.15) is 0 Å². The monoisotopic (exact) mass is 190 g/mol. The van der Waals surface area contributed by atoms with Crippen LogP contribution in [0.15, 0.2) is 36.9 Å². The van der Waals surface area contributed by atoms with Crippen LogP contribution in [-0.2, 0) is 0 Å². The van der Waals surface area contributed by atoms with Gasteiger partial charge in [0.05, 0.1) is 6.10 Å². The van der Waals surface area contributed by atoms with Gasteiger partial charge in [0.25, 0.3) is 0 Å². The second-order valence-corrected chi connectivity index (χ2v) is 3.86. The average Bonchev–Trinajstić information content (AvgIpc) is 2.18. The molecule has 1 heteroatoms. The van der Waals surface area contributed by atoms with Crippen molar-refractivity contribution in [3.63, 3.8) is 0 Å². The fraction of sp³-hybridized carbons (Fsp3) is 0.385. The Morgan fingerprint density at radius 2 is 1.71 bits per heavy atom. The highest BCUT2D eigenvalue weighted by Crippen LogP contribution is 2.20. The van der Waals surface area contributed by atoms with Crippen molar-refractivity contribution in [2.75, 3.05) is 0 Å². The number of rotatable bonds is 4. The van der Waals surface area contributed by atoms with Gasteiger partial charge in [0, 0.05) is 0 Å². The standard InChI is InChI=1S/C13H18O/c1-4-5-13(14)12-8-6-11(7-9-12)10(2)3/h4,6-10,13-14H,1,5H2,2-3H3/t13-/m1/s1. The highest BCUT2D eigenvalue weighted by atomic mass is 16.3. The van der Waals surface area contributed by atoms with Crippen molar-refractivity contribution >= 4 is 0 Å². The first-order valence-electron chi connectivity index (χ1n) is 5.04. The molecule has 0 radical (unpaired) electrons. The van der Waals surface area contributed by atoms with E-state index in [0.29, 0.717) is 12.3 Å². The Labute approximate surface area is 86.1 Å². The summed E-state index contributed by atoms with van der Waals surface area (Å²) in [6, 6.07) is 8.13. The molecule has 0 fully saturated rings. The lowest BCUT2D eigenvalue weighted by Crippen LogP contribution is -1.96. The molecule has 0 aliphatic carbocycles. The Bertz CT molecular complexity index is 285. The van der Waals surface area contributed by atoms with Crippen LogP contribution in [0.4, 0.5) is 0 Å². The number of hydrogen-bond donors (Lipinski definition) is 1.